The molecule has 10 aromatic rings. The maximum atomic E-state index is 14.4. The lowest BCUT2D eigenvalue weighted by molar-refractivity contribution is 0.0771. The first-order valence-corrected chi connectivity index (χ1v) is 46.5. The quantitative estimate of drug-likeness (QED) is 0.0263. The van der Waals surface area contributed by atoms with E-state index in [4.69, 9.17) is 0 Å². The minimum absolute atomic E-state index is 0.0257. The standard InChI is InChI=1S/C22H25FN6O4S.C22H31N5O4S.C21H24FN7O4S.C20H29N5O4S/c1-13(2)16-9-15(23)10-17(14-7-6-8-24-12-14)20(16)25-22(31)27-34(32,33)19-11-18(29(5)26-19)21(30)28(3)4;1-13(2)16-8-7-9-17(14(3)4)20(16)23-22(29)25-32(30,31)19-12-18(27(6)24-19)21(28)26(5)15-10-11-15;1-12(2)15-6-14(22)7-16(13-9-23-11-24-10-13)19(15)25-21(31)27-34(32,33)18-8-17(29(5)26-18)20(30)28(3)4;1-12(2)14-8-9-15(13(3)4)16(10-14)21-20(27)23-30(28,29)18-11-17(25(7)22-18)19(26)24(5)6/h6-13H,1-5H3,(H2,25,27,31);7-9,12-15H,10-11H2,1-6H3,(H2,23,25,29);6-12H,1-5H3,(H2,25,27,31);8-13H,1-7H3,(H2,21,23,27). The molecule has 1 saturated carbocycles. The van der Waals surface area contributed by atoms with Crippen molar-refractivity contribution in [1.82, 2.24) is 92.6 Å². The summed E-state index contributed by atoms with van der Waals surface area (Å²) in [6, 6.07) is 20.6. The number of para-hydroxylation sites is 1. The summed E-state index contributed by atoms with van der Waals surface area (Å²) in [5, 5.41) is 24.1. The average Bonchev–Trinajstić information content (AvgIpc) is 1.33. The number of pyridine rings is 1. The third kappa shape index (κ3) is 25.5. The number of rotatable bonds is 25. The molecule has 12 amide bonds. The van der Waals surface area contributed by atoms with Crippen molar-refractivity contribution in [2.45, 2.75) is 158 Å². The number of carbonyl (C=O) groups excluding carboxylic acids is 8. The molecule has 6 aromatic heterocycles. The topological polar surface area (TPSA) is 492 Å². The van der Waals surface area contributed by atoms with E-state index in [1.165, 1.54) is 131 Å². The summed E-state index contributed by atoms with van der Waals surface area (Å²) in [5.41, 5.74) is 8.18. The zero-order valence-electron chi connectivity index (χ0n) is 76.2. The van der Waals surface area contributed by atoms with Gasteiger partial charge in [0.15, 0.2) is 20.1 Å². The van der Waals surface area contributed by atoms with E-state index in [9.17, 15) is 80.8 Å². The van der Waals surface area contributed by atoms with E-state index in [1.54, 1.807) is 58.2 Å². The molecule has 45 heteroatoms. The third-order valence-electron chi connectivity index (χ3n) is 20.0. The Bertz CT molecular complexity index is 6160. The third-order valence-corrected chi connectivity index (χ3v) is 24.8. The molecule has 0 bridgehead atoms. The fourth-order valence-electron chi connectivity index (χ4n) is 12.9. The van der Waals surface area contributed by atoms with Crippen LogP contribution in [0.5, 0.6) is 0 Å². The summed E-state index contributed by atoms with van der Waals surface area (Å²) >= 11 is 0. The second kappa shape index (κ2) is 42.2. The van der Waals surface area contributed by atoms with Crippen molar-refractivity contribution in [3.63, 3.8) is 0 Å². The van der Waals surface area contributed by atoms with Crippen molar-refractivity contribution in [3.8, 4) is 22.3 Å². The normalized spacial score (nSPS) is 12.1. The zero-order valence-corrected chi connectivity index (χ0v) is 79.5. The van der Waals surface area contributed by atoms with Gasteiger partial charge in [-0.15, -0.1) is 0 Å². The molecule has 6 heterocycles. The molecule has 1 aliphatic rings. The molecule has 0 saturated heterocycles. The van der Waals surface area contributed by atoms with Gasteiger partial charge in [0.05, 0.1) is 11.4 Å². The molecule has 11 rings (SSSR count). The van der Waals surface area contributed by atoms with E-state index in [2.05, 4.69) is 56.6 Å². The first-order chi connectivity index (χ1) is 60.6. The minimum Gasteiger partial charge on any atom is -0.343 e. The number of benzene rings is 4. The zero-order chi connectivity index (χ0) is 97.0. The van der Waals surface area contributed by atoms with Crippen LogP contribution in [0.2, 0.25) is 0 Å². The molecule has 130 heavy (non-hydrogen) atoms. The molecule has 8 N–H and O–H groups in total. The number of carbonyl (C=O) groups is 8. The second-order valence-electron chi connectivity index (χ2n) is 32.7. The number of anilines is 4. The van der Waals surface area contributed by atoms with Crippen LogP contribution in [-0.4, -0.2) is 210 Å². The van der Waals surface area contributed by atoms with Crippen molar-refractivity contribution in [2.75, 3.05) is 70.6 Å². The fraction of sp³-hybridized carbons (Fsp3) is 0.376. The second-order valence-corrected chi connectivity index (χ2v) is 39.3. The summed E-state index contributed by atoms with van der Waals surface area (Å²) in [6.07, 6.45) is 9.13. The molecule has 1 fully saturated rings. The van der Waals surface area contributed by atoms with E-state index in [-0.39, 0.29) is 92.2 Å². The highest BCUT2D eigenvalue weighted by Gasteiger charge is 2.35. The van der Waals surface area contributed by atoms with Gasteiger partial charge in [-0.2, -0.15) is 54.1 Å². The van der Waals surface area contributed by atoms with E-state index in [1.807, 2.05) is 125 Å². The van der Waals surface area contributed by atoms with Crippen molar-refractivity contribution in [2.24, 2.45) is 28.2 Å². The van der Waals surface area contributed by atoms with Gasteiger partial charge in [0.1, 0.15) is 40.7 Å². The van der Waals surface area contributed by atoms with E-state index in [0.29, 0.717) is 39.2 Å². The Hall–Kier alpha value is -13.4. The number of halogens is 2. The number of hydrogen-bond acceptors (Lipinski definition) is 23. The Morgan fingerprint density at radius 3 is 1.02 bits per heavy atom. The highest BCUT2D eigenvalue weighted by molar-refractivity contribution is 7.90. The average molecular weight is 1880 g/mol. The van der Waals surface area contributed by atoms with E-state index in [0.717, 1.165) is 67.3 Å². The number of sulfonamides is 4. The molecule has 0 atom stereocenters. The molecule has 0 spiro atoms. The monoisotopic (exact) mass is 1870 g/mol. The molecular weight excluding hydrogens is 1770 g/mol. The molecule has 4 aromatic carbocycles. The highest BCUT2D eigenvalue weighted by Crippen LogP contribution is 2.39. The number of nitrogens with zero attached hydrogens (tertiary/aromatic N) is 15. The number of hydrogen-bond donors (Lipinski definition) is 8. The maximum absolute atomic E-state index is 14.4. The SMILES string of the molecule is CC(C)c1cc(F)cc(-c2cccnc2)c1NC(=O)NS(=O)(=O)c1cc(C(=O)N(C)C)n(C)n1.CC(C)c1cc(F)cc(-c2cncnc2)c1NC(=O)NS(=O)(=O)c1cc(C(=O)N(C)C)n(C)n1.CC(C)c1ccc(C(C)C)c(NC(=O)NS(=O)(=O)c2cc(C(=O)N(C)C)n(C)n2)c1.CC(C)c1cccc(C(C)C)c1NC(=O)NS(=O)(=O)c1cc(C(=O)N(C)C2CC2)n(C)n1. The van der Waals surface area contributed by atoms with Gasteiger partial charge in [0, 0.05) is 166 Å². The van der Waals surface area contributed by atoms with Crippen molar-refractivity contribution in [1.29, 1.82) is 0 Å². The summed E-state index contributed by atoms with van der Waals surface area (Å²) in [5.74, 6) is -2.40. The Kier molecular flexibility index (Phi) is 33.1. The number of aryl methyl sites for hydroxylation is 4. The van der Waals surface area contributed by atoms with E-state index >= 15 is 0 Å². The van der Waals surface area contributed by atoms with Crippen LogP contribution in [0.25, 0.3) is 22.3 Å². The van der Waals surface area contributed by atoms with Crippen LogP contribution in [0.1, 0.15) is 207 Å². The Labute approximate surface area is 754 Å². The predicted molar refractivity (Wildman–Crippen MR) is 484 cm³/mol. The minimum atomic E-state index is -4.42. The molecule has 0 unspecified atom stereocenters. The number of amides is 12. The summed E-state index contributed by atoms with van der Waals surface area (Å²) in [4.78, 5) is 117. The van der Waals surface area contributed by atoms with Gasteiger partial charge in [-0.05, 0) is 118 Å². The summed E-state index contributed by atoms with van der Waals surface area (Å²) in [7, 11) is -0.733. The van der Waals surface area contributed by atoms with Crippen LogP contribution in [0.15, 0.2) is 148 Å². The highest BCUT2D eigenvalue weighted by atomic mass is 32.2. The predicted octanol–water partition coefficient (Wildman–Crippen LogP) is 11.6. The lowest BCUT2D eigenvalue weighted by Gasteiger charge is -2.20. The van der Waals surface area contributed by atoms with Crippen molar-refractivity contribution < 1.29 is 80.8 Å². The smallest absolute Gasteiger partial charge is 0.333 e. The van der Waals surface area contributed by atoms with Crippen LogP contribution >= 0.6 is 0 Å². The summed E-state index contributed by atoms with van der Waals surface area (Å²) < 4.78 is 143. The maximum Gasteiger partial charge on any atom is 0.333 e. The molecule has 698 valence electrons. The molecule has 0 aliphatic heterocycles. The summed E-state index contributed by atoms with van der Waals surface area (Å²) in [6.45, 7) is 23.3. The Morgan fingerprint density at radius 1 is 0.369 bits per heavy atom. The Morgan fingerprint density at radius 2 is 0.700 bits per heavy atom. The van der Waals surface area contributed by atoms with Crippen LogP contribution in [0.4, 0.5) is 50.7 Å². The van der Waals surface area contributed by atoms with Gasteiger partial charge in [-0.1, -0.05) is 119 Å². The number of urea groups is 4. The van der Waals surface area contributed by atoms with Gasteiger partial charge in [0.2, 0.25) is 0 Å². The first-order valence-electron chi connectivity index (χ1n) is 40.6. The molecule has 0 radical (unpaired) electrons. The van der Waals surface area contributed by atoms with Crippen LogP contribution in [0.3, 0.4) is 0 Å². The fourth-order valence-corrected chi connectivity index (χ4v) is 16.5. The van der Waals surface area contributed by atoms with Gasteiger partial charge < -0.3 is 40.9 Å². The van der Waals surface area contributed by atoms with Crippen molar-refractivity contribution >= 4 is 111 Å². The molecule has 1 aliphatic carbocycles. The first kappa shape index (κ1) is 102. The Balaban J connectivity index is 0.000000214. The largest absolute Gasteiger partial charge is 0.343 e. The molecular formula is C85H109F2N23O16S4. The van der Waals surface area contributed by atoms with Crippen LogP contribution < -0.4 is 40.2 Å². The number of aromatic nitrogens is 11. The van der Waals surface area contributed by atoms with Gasteiger partial charge in [-0.25, -0.2) is 56.8 Å². The van der Waals surface area contributed by atoms with Gasteiger partial charge in [0.25, 0.3) is 63.7 Å². The lowest BCUT2D eigenvalue weighted by atomic mass is 9.93. The van der Waals surface area contributed by atoms with Crippen LogP contribution in [-0.2, 0) is 68.3 Å². The van der Waals surface area contributed by atoms with Gasteiger partial charge in [-0.3, -0.25) is 42.9 Å². The van der Waals surface area contributed by atoms with Gasteiger partial charge >= 0.3 is 24.1 Å². The number of nitrogens with one attached hydrogen (secondary N) is 8. The molecule has 39 nitrogen and oxygen atoms in total. The van der Waals surface area contributed by atoms with Crippen molar-refractivity contribution in [3.05, 3.63) is 196 Å². The lowest BCUT2D eigenvalue weighted by Crippen LogP contribution is -2.35. The van der Waals surface area contributed by atoms with E-state index < -0.39 is 109 Å². The van der Waals surface area contributed by atoms with Crippen LogP contribution in [0, 0.1) is 11.6 Å².